The van der Waals surface area contributed by atoms with Gasteiger partial charge in [0.1, 0.15) is 0 Å². The topological polar surface area (TPSA) is 66.8 Å². The lowest BCUT2D eigenvalue weighted by molar-refractivity contribution is -0.144. The number of nitrogens with zero attached hydrogens (tertiary/aromatic N) is 1. The van der Waals surface area contributed by atoms with Crippen molar-refractivity contribution in [1.82, 2.24) is 4.90 Å². The minimum absolute atomic E-state index is 0.0441. The van der Waals surface area contributed by atoms with Crippen LogP contribution >= 0.6 is 0 Å². The normalized spacial score (nSPS) is 29.0. The number of carboxylic acids is 1. The molecule has 1 saturated heterocycles. The summed E-state index contributed by atoms with van der Waals surface area (Å²) in [5.74, 6) is -0.604. The number of likely N-dealkylation sites (tertiary alicyclic amines) is 1. The highest BCUT2D eigenvalue weighted by molar-refractivity contribution is 5.72. The maximum atomic E-state index is 11.9. The fourth-order valence-corrected chi connectivity index (χ4v) is 3.53. The number of carbonyl (C=O) groups excluding carboxylic acids is 1. The van der Waals surface area contributed by atoms with Gasteiger partial charge in [0.15, 0.2) is 0 Å². The molecule has 1 heterocycles. The highest BCUT2D eigenvalue weighted by atomic mass is 16.5. The standard InChI is InChI=1S/C14H23NO4/c1-19-14(18)15-8-7-11(13(16)17)9-12(15)10-5-3-2-4-6-10/h10-12H,2-9H2,1H3,(H,16,17). The molecule has 2 fully saturated rings. The molecule has 5 nitrogen and oxygen atoms in total. The van der Waals surface area contributed by atoms with Crippen LogP contribution in [-0.4, -0.2) is 41.8 Å². The van der Waals surface area contributed by atoms with Crippen LogP contribution in [0.3, 0.4) is 0 Å². The van der Waals surface area contributed by atoms with Crippen LogP contribution in [-0.2, 0) is 9.53 Å². The summed E-state index contributed by atoms with van der Waals surface area (Å²) >= 11 is 0. The summed E-state index contributed by atoms with van der Waals surface area (Å²) in [6.07, 6.45) is 6.64. The second kappa shape index (κ2) is 6.26. The van der Waals surface area contributed by atoms with Gasteiger partial charge in [-0.05, 0) is 31.6 Å². The van der Waals surface area contributed by atoms with Crippen LogP contribution < -0.4 is 0 Å². The number of rotatable bonds is 2. The number of amides is 1. The van der Waals surface area contributed by atoms with Crippen LogP contribution in [0.5, 0.6) is 0 Å². The first-order valence-electron chi connectivity index (χ1n) is 7.21. The molecule has 1 N–H and O–H groups in total. The van der Waals surface area contributed by atoms with E-state index in [1.165, 1.54) is 26.4 Å². The van der Waals surface area contributed by atoms with Crippen molar-refractivity contribution in [3.8, 4) is 0 Å². The molecule has 2 atom stereocenters. The van der Waals surface area contributed by atoms with Gasteiger partial charge in [0.2, 0.25) is 0 Å². The predicted molar refractivity (Wildman–Crippen MR) is 69.8 cm³/mol. The van der Waals surface area contributed by atoms with Gasteiger partial charge in [0.05, 0.1) is 13.0 Å². The Labute approximate surface area is 113 Å². The van der Waals surface area contributed by atoms with E-state index in [4.69, 9.17) is 4.74 Å². The zero-order chi connectivity index (χ0) is 13.8. The zero-order valence-corrected chi connectivity index (χ0v) is 11.5. The fourth-order valence-electron chi connectivity index (χ4n) is 3.53. The van der Waals surface area contributed by atoms with Crippen LogP contribution in [0.2, 0.25) is 0 Å². The number of hydrogen-bond acceptors (Lipinski definition) is 3. The average molecular weight is 269 g/mol. The Morgan fingerprint density at radius 1 is 1.16 bits per heavy atom. The second-order valence-electron chi connectivity index (χ2n) is 5.69. The van der Waals surface area contributed by atoms with Crippen molar-refractivity contribution in [2.75, 3.05) is 13.7 Å². The van der Waals surface area contributed by atoms with E-state index in [9.17, 15) is 14.7 Å². The minimum atomic E-state index is -0.731. The second-order valence-corrected chi connectivity index (χ2v) is 5.69. The quantitative estimate of drug-likeness (QED) is 0.836. The molecule has 1 saturated carbocycles. The number of methoxy groups -OCH3 is 1. The summed E-state index contributed by atoms with van der Waals surface area (Å²) in [5, 5.41) is 9.20. The number of ether oxygens (including phenoxy) is 1. The van der Waals surface area contributed by atoms with Gasteiger partial charge in [-0.15, -0.1) is 0 Å². The molecule has 0 aromatic rings. The van der Waals surface area contributed by atoms with Crippen molar-refractivity contribution in [3.05, 3.63) is 0 Å². The highest BCUT2D eigenvalue weighted by Crippen LogP contribution is 2.35. The van der Waals surface area contributed by atoms with Gasteiger partial charge in [0, 0.05) is 12.6 Å². The molecule has 2 rings (SSSR count). The third-order valence-corrected chi connectivity index (χ3v) is 4.60. The van der Waals surface area contributed by atoms with E-state index in [-0.39, 0.29) is 18.1 Å². The molecule has 0 spiro atoms. The molecule has 0 radical (unpaired) electrons. The van der Waals surface area contributed by atoms with E-state index in [1.807, 2.05) is 0 Å². The molecule has 1 aliphatic heterocycles. The van der Waals surface area contributed by atoms with Crippen molar-refractivity contribution < 1.29 is 19.4 Å². The molecule has 2 aliphatic rings. The predicted octanol–water partition coefficient (Wildman–Crippen LogP) is 2.50. The first kappa shape index (κ1) is 14.2. The van der Waals surface area contributed by atoms with Gasteiger partial charge < -0.3 is 14.7 Å². The van der Waals surface area contributed by atoms with E-state index in [0.717, 1.165) is 12.8 Å². The molecule has 1 aliphatic carbocycles. The first-order valence-corrected chi connectivity index (χ1v) is 7.21. The smallest absolute Gasteiger partial charge is 0.409 e. The maximum Gasteiger partial charge on any atom is 0.409 e. The Morgan fingerprint density at radius 2 is 1.84 bits per heavy atom. The molecule has 108 valence electrons. The Bertz CT molecular complexity index is 338. The van der Waals surface area contributed by atoms with Gasteiger partial charge >= 0.3 is 12.1 Å². The Kier molecular flexibility index (Phi) is 4.66. The monoisotopic (exact) mass is 269 g/mol. The van der Waals surface area contributed by atoms with E-state index in [2.05, 4.69) is 0 Å². The van der Waals surface area contributed by atoms with Crippen LogP contribution in [0.4, 0.5) is 4.79 Å². The number of hydrogen-bond donors (Lipinski definition) is 1. The third-order valence-electron chi connectivity index (χ3n) is 4.60. The summed E-state index contributed by atoms with van der Waals surface area (Å²) in [6, 6.07) is 0.0441. The molecule has 19 heavy (non-hydrogen) atoms. The molecule has 0 aromatic carbocycles. The Morgan fingerprint density at radius 3 is 2.42 bits per heavy atom. The summed E-state index contributed by atoms with van der Waals surface area (Å²) in [5.41, 5.74) is 0. The van der Waals surface area contributed by atoms with E-state index in [1.54, 1.807) is 4.90 Å². The SMILES string of the molecule is COC(=O)N1CCC(C(=O)O)CC1C1CCCCC1. The van der Waals surface area contributed by atoms with Crippen molar-refractivity contribution in [2.45, 2.75) is 51.0 Å². The summed E-state index contributed by atoms with van der Waals surface area (Å²) in [6.45, 7) is 0.505. The summed E-state index contributed by atoms with van der Waals surface area (Å²) in [4.78, 5) is 24.8. The van der Waals surface area contributed by atoms with Crippen LogP contribution in [0, 0.1) is 11.8 Å². The molecule has 2 unspecified atom stereocenters. The van der Waals surface area contributed by atoms with Gasteiger partial charge in [-0.2, -0.15) is 0 Å². The molecule has 5 heteroatoms. The highest BCUT2D eigenvalue weighted by Gasteiger charge is 2.39. The van der Waals surface area contributed by atoms with Crippen molar-refractivity contribution in [2.24, 2.45) is 11.8 Å². The number of aliphatic carboxylic acids is 1. The summed E-state index contributed by atoms with van der Waals surface area (Å²) < 4.78 is 4.85. The van der Waals surface area contributed by atoms with Crippen molar-refractivity contribution in [1.29, 1.82) is 0 Å². The van der Waals surface area contributed by atoms with Gasteiger partial charge in [-0.3, -0.25) is 4.79 Å². The van der Waals surface area contributed by atoms with Crippen molar-refractivity contribution in [3.63, 3.8) is 0 Å². The zero-order valence-electron chi connectivity index (χ0n) is 11.5. The van der Waals surface area contributed by atoms with Crippen LogP contribution in [0.15, 0.2) is 0 Å². The lowest BCUT2D eigenvalue weighted by atomic mass is 9.77. The van der Waals surface area contributed by atoms with E-state index >= 15 is 0 Å². The minimum Gasteiger partial charge on any atom is -0.481 e. The Hall–Kier alpha value is -1.26. The lowest BCUT2D eigenvalue weighted by Crippen LogP contribution is -2.51. The number of piperidine rings is 1. The Balaban J connectivity index is 2.09. The van der Waals surface area contributed by atoms with Crippen molar-refractivity contribution >= 4 is 12.1 Å². The number of carbonyl (C=O) groups is 2. The third kappa shape index (κ3) is 3.19. The van der Waals surface area contributed by atoms with Gasteiger partial charge in [-0.1, -0.05) is 19.3 Å². The van der Waals surface area contributed by atoms with Gasteiger partial charge in [0.25, 0.3) is 0 Å². The molecule has 0 aromatic heterocycles. The molecular formula is C14H23NO4. The lowest BCUT2D eigenvalue weighted by Gasteiger charge is -2.42. The maximum absolute atomic E-state index is 11.9. The molecular weight excluding hydrogens is 246 g/mol. The van der Waals surface area contributed by atoms with Crippen LogP contribution in [0.25, 0.3) is 0 Å². The van der Waals surface area contributed by atoms with E-state index in [0.29, 0.717) is 25.3 Å². The molecule has 1 amide bonds. The average Bonchev–Trinajstić information content (AvgIpc) is 2.46. The van der Waals surface area contributed by atoms with E-state index < -0.39 is 5.97 Å². The molecule has 0 bridgehead atoms. The largest absolute Gasteiger partial charge is 0.481 e. The number of carboxylic acid groups (broad SMARTS) is 1. The van der Waals surface area contributed by atoms with Gasteiger partial charge in [-0.25, -0.2) is 4.79 Å². The first-order chi connectivity index (χ1) is 9.13. The summed E-state index contributed by atoms with van der Waals surface area (Å²) in [7, 11) is 1.39. The fraction of sp³-hybridized carbons (Fsp3) is 0.857. The van der Waals surface area contributed by atoms with Crippen LogP contribution in [0.1, 0.15) is 44.9 Å².